The minimum atomic E-state index is -4.76. The first-order valence-corrected chi connectivity index (χ1v) is 9.77. The summed E-state index contributed by atoms with van der Waals surface area (Å²) in [7, 11) is 1.71. The van der Waals surface area contributed by atoms with Gasteiger partial charge in [0.2, 0.25) is 11.1 Å². The lowest BCUT2D eigenvalue weighted by atomic mass is 10.3. The van der Waals surface area contributed by atoms with Crippen LogP contribution in [0.3, 0.4) is 0 Å². The summed E-state index contributed by atoms with van der Waals surface area (Å²) in [5.41, 5.74) is 1.50. The van der Waals surface area contributed by atoms with Crippen LogP contribution in [-0.4, -0.2) is 50.2 Å². The van der Waals surface area contributed by atoms with Crippen molar-refractivity contribution in [3.05, 3.63) is 46.7 Å². The number of hydrogen-bond donors (Lipinski definition) is 0. The third kappa shape index (κ3) is 5.45. The Morgan fingerprint density at radius 2 is 2.04 bits per heavy atom. The van der Waals surface area contributed by atoms with Gasteiger partial charge >= 0.3 is 6.36 Å². The first kappa shape index (κ1) is 20.1. The molecule has 1 aromatic carbocycles. The molecule has 0 bridgehead atoms. The van der Waals surface area contributed by atoms with Gasteiger partial charge in [0.05, 0.1) is 11.4 Å². The van der Waals surface area contributed by atoms with Crippen LogP contribution < -0.4 is 4.74 Å². The number of halogens is 3. The SMILES string of the molecule is CN(Cc1ccsc1)C(=O)CSc1nnnn1-c1ccc(OC(F)(F)F)cc1. The molecule has 0 unspecified atom stereocenters. The molecule has 0 saturated carbocycles. The number of hydrogen-bond acceptors (Lipinski definition) is 7. The number of tetrazole rings is 1. The van der Waals surface area contributed by atoms with Crippen molar-refractivity contribution in [3.8, 4) is 11.4 Å². The van der Waals surface area contributed by atoms with Crippen molar-refractivity contribution >= 4 is 29.0 Å². The zero-order valence-electron chi connectivity index (χ0n) is 14.5. The molecule has 0 atom stereocenters. The summed E-state index contributed by atoms with van der Waals surface area (Å²) in [5.74, 6) is -0.320. The van der Waals surface area contributed by atoms with E-state index < -0.39 is 6.36 Å². The predicted octanol–water partition coefficient (Wildman–Crippen LogP) is 3.37. The van der Waals surface area contributed by atoms with Crippen LogP contribution in [0.2, 0.25) is 0 Å². The standard InChI is InChI=1S/C16H14F3N5O2S2/c1-23(8-11-6-7-27-9-11)14(25)10-28-15-20-21-22-24(15)12-2-4-13(5-3-12)26-16(17,18)19/h2-7,9H,8,10H2,1H3. The Morgan fingerprint density at radius 3 is 2.68 bits per heavy atom. The maximum absolute atomic E-state index is 12.3. The van der Waals surface area contributed by atoms with Crippen LogP contribution in [0.15, 0.2) is 46.2 Å². The zero-order valence-corrected chi connectivity index (χ0v) is 16.1. The highest BCUT2D eigenvalue weighted by Crippen LogP contribution is 2.25. The van der Waals surface area contributed by atoms with Crippen molar-refractivity contribution in [2.24, 2.45) is 0 Å². The molecule has 28 heavy (non-hydrogen) atoms. The van der Waals surface area contributed by atoms with Gasteiger partial charge in [-0.25, -0.2) is 0 Å². The van der Waals surface area contributed by atoms with Crippen molar-refractivity contribution < 1.29 is 22.7 Å². The van der Waals surface area contributed by atoms with E-state index in [9.17, 15) is 18.0 Å². The van der Waals surface area contributed by atoms with Crippen molar-refractivity contribution in [2.75, 3.05) is 12.8 Å². The van der Waals surface area contributed by atoms with Crippen LogP contribution in [0.5, 0.6) is 5.75 Å². The Labute approximate surface area is 166 Å². The van der Waals surface area contributed by atoms with Crippen LogP contribution in [0, 0.1) is 0 Å². The first-order chi connectivity index (χ1) is 13.3. The highest BCUT2D eigenvalue weighted by atomic mass is 32.2. The zero-order chi connectivity index (χ0) is 20.1. The monoisotopic (exact) mass is 429 g/mol. The number of thioether (sulfide) groups is 1. The van der Waals surface area contributed by atoms with Crippen LogP contribution in [0.25, 0.3) is 5.69 Å². The Morgan fingerprint density at radius 1 is 1.29 bits per heavy atom. The number of nitrogens with zero attached hydrogens (tertiary/aromatic N) is 5. The quantitative estimate of drug-likeness (QED) is 0.536. The van der Waals surface area contributed by atoms with Gasteiger partial charge in [-0.2, -0.15) is 16.0 Å². The molecule has 0 saturated heterocycles. The topological polar surface area (TPSA) is 73.1 Å². The first-order valence-electron chi connectivity index (χ1n) is 7.84. The molecule has 0 spiro atoms. The molecule has 7 nitrogen and oxygen atoms in total. The van der Waals surface area contributed by atoms with Gasteiger partial charge < -0.3 is 9.64 Å². The van der Waals surface area contributed by atoms with E-state index in [4.69, 9.17) is 0 Å². The minimum Gasteiger partial charge on any atom is -0.406 e. The summed E-state index contributed by atoms with van der Waals surface area (Å²) in [6.07, 6.45) is -4.76. The van der Waals surface area contributed by atoms with Crippen LogP contribution >= 0.6 is 23.1 Å². The van der Waals surface area contributed by atoms with E-state index in [1.54, 1.807) is 23.3 Å². The van der Waals surface area contributed by atoms with E-state index in [1.165, 1.54) is 28.9 Å². The third-order valence-electron chi connectivity index (χ3n) is 3.51. The van der Waals surface area contributed by atoms with Crippen molar-refractivity contribution in [2.45, 2.75) is 18.1 Å². The molecule has 0 fully saturated rings. The number of carbonyl (C=O) groups is 1. The summed E-state index contributed by atoms with van der Waals surface area (Å²) in [6, 6.07) is 7.07. The smallest absolute Gasteiger partial charge is 0.406 e. The summed E-state index contributed by atoms with van der Waals surface area (Å²) in [4.78, 5) is 13.9. The number of benzene rings is 1. The molecule has 2 heterocycles. The van der Waals surface area contributed by atoms with Gasteiger partial charge in [-0.15, -0.1) is 18.3 Å². The summed E-state index contributed by atoms with van der Waals surface area (Å²) in [6.45, 7) is 0.508. The summed E-state index contributed by atoms with van der Waals surface area (Å²) >= 11 is 2.70. The highest BCUT2D eigenvalue weighted by Gasteiger charge is 2.31. The van der Waals surface area contributed by atoms with Gasteiger partial charge in [0.15, 0.2) is 0 Å². The second-order valence-electron chi connectivity index (χ2n) is 5.59. The van der Waals surface area contributed by atoms with E-state index >= 15 is 0 Å². The largest absolute Gasteiger partial charge is 0.573 e. The fourth-order valence-corrected chi connectivity index (χ4v) is 3.69. The lowest BCUT2D eigenvalue weighted by Gasteiger charge is -2.16. The molecule has 0 aliphatic rings. The maximum Gasteiger partial charge on any atom is 0.573 e. The normalized spacial score (nSPS) is 11.4. The van der Waals surface area contributed by atoms with Crippen molar-refractivity contribution in [3.63, 3.8) is 0 Å². The maximum atomic E-state index is 12.3. The van der Waals surface area contributed by atoms with Gasteiger partial charge in [0, 0.05) is 13.6 Å². The molecule has 0 aliphatic heterocycles. The second-order valence-corrected chi connectivity index (χ2v) is 7.31. The van der Waals surface area contributed by atoms with Gasteiger partial charge in [-0.05, 0) is 57.1 Å². The number of amides is 1. The molecule has 0 radical (unpaired) electrons. The van der Waals surface area contributed by atoms with Crippen molar-refractivity contribution in [1.29, 1.82) is 0 Å². The number of rotatable bonds is 7. The lowest BCUT2D eigenvalue weighted by Crippen LogP contribution is -2.27. The third-order valence-corrected chi connectivity index (χ3v) is 5.14. The number of carbonyl (C=O) groups excluding carboxylic acids is 1. The van der Waals surface area contributed by atoms with E-state index in [-0.39, 0.29) is 17.4 Å². The second kappa shape index (κ2) is 8.61. The molecule has 2 aromatic heterocycles. The van der Waals surface area contributed by atoms with Crippen LogP contribution in [0.4, 0.5) is 13.2 Å². The van der Waals surface area contributed by atoms with Crippen LogP contribution in [-0.2, 0) is 11.3 Å². The molecule has 0 aliphatic carbocycles. The highest BCUT2D eigenvalue weighted by molar-refractivity contribution is 7.99. The Hall–Kier alpha value is -2.60. The van der Waals surface area contributed by atoms with E-state index in [0.29, 0.717) is 17.4 Å². The fraction of sp³-hybridized carbons (Fsp3) is 0.250. The Kier molecular flexibility index (Phi) is 6.19. The lowest BCUT2D eigenvalue weighted by molar-refractivity contribution is -0.274. The number of aromatic nitrogens is 4. The molecule has 3 aromatic rings. The molecular weight excluding hydrogens is 415 g/mol. The van der Waals surface area contributed by atoms with Gasteiger partial charge in [-0.3, -0.25) is 4.79 Å². The van der Waals surface area contributed by atoms with E-state index in [0.717, 1.165) is 17.3 Å². The number of ether oxygens (including phenoxy) is 1. The van der Waals surface area contributed by atoms with E-state index in [1.807, 2.05) is 16.8 Å². The Balaban J connectivity index is 1.61. The summed E-state index contributed by atoms with van der Waals surface area (Å²) < 4.78 is 41.9. The summed E-state index contributed by atoms with van der Waals surface area (Å²) in [5, 5.41) is 15.5. The number of thiophene rings is 1. The molecule has 12 heteroatoms. The van der Waals surface area contributed by atoms with Crippen molar-refractivity contribution in [1.82, 2.24) is 25.1 Å². The van der Waals surface area contributed by atoms with E-state index in [2.05, 4.69) is 20.3 Å². The molecule has 148 valence electrons. The van der Waals surface area contributed by atoms with Gasteiger partial charge in [0.25, 0.3) is 0 Å². The van der Waals surface area contributed by atoms with Crippen LogP contribution in [0.1, 0.15) is 5.56 Å². The average Bonchev–Trinajstić information content (AvgIpc) is 3.30. The fourth-order valence-electron chi connectivity index (χ4n) is 2.20. The minimum absolute atomic E-state index is 0.0975. The number of alkyl halides is 3. The Bertz CT molecular complexity index is 913. The molecule has 0 N–H and O–H groups in total. The van der Waals surface area contributed by atoms with Gasteiger partial charge in [0.1, 0.15) is 5.75 Å². The molecular formula is C16H14F3N5O2S2. The molecule has 3 rings (SSSR count). The molecule has 1 amide bonds. The average molecular weight is 429 g/mol. The van der Waals surface area contributed by atoms with Gasteiger partial charge in [-0.1, -0.05) is 11.8 Å². The predicted molar refractivity (Wildman–Crippen MR) is 97.4 cm³/mol.